The maximum absolute atomic E-state index is 13.1. The van der Waals surface area contributed by atoms with E-state index in [1.165, 1.54) is 6.07 Å². The largest absolute Gasteiger partial charge is 0.396 e. The van der Waals surface area contributed by atoms with E-state index < -0.39 is 0 Å². The molecule has 0 saturated heterocycles. The Hall–Kier alpha value is -0.490. The van der Waals surface area contributed by atoms with Gasteiger partial charge in [0.2, 0.25) is 0 Å². The molecule has 2 N–H and O–H groups in total. The third kappa shape index (κ3) is 4.65. The number of methoxy groups -OCH3 is 1. The van der Waals surface area contributed by atoms with E-state index in [-0.39, 0.29) is 24.5 Å². The molecule has 0 aliphatic heterocycles. The molecule has 0 radical (unpaired) electrons. The summed E-state index contributed by atoms with van der Waals surface area (Å²) in [6.07, 6.45) is 0.626. The number of aliphatic hydroxyl groups excluding tert-OH is 1. The SMILES string of the molecule is COCC(CCO)NC(C)c1ccc(F)c(Br)c1. The molecule has 0 fully saturated rings. The van der Waals surface area contributed by atoms with Crippen molar-refractivity contribution in [3.05, 3.63) is 34.1 Å². The fourth-order valence-electron chi connectivity index (χ4n) is 1.80. The Bertz CT molecular complexity index is 370. The molecule has 0 heterocycles. The molecule has 3 nitrogen and oxygen atoms in total. The summed E-state index contributed by atoms with van der Waals surface area (Å²) in [4.78, 5) is 0. The number of rotatable bonds is 7. The smallest absolute Gasteiger partial charge is 0.137 e. The number of halogens is 2. The molecule has 0 saturated carbocycles. The van der Waals surface area contributed by atoms with Crippen molar-refractivity contribution in [2.45, 2.75) is 25.4 Å². The van der Waals surface area contributed by atoms with Crippen LogP contribution in [0.3, 0.4) is 0 Å². The van der Waals surface area contributed by atoms with Crippen LogP contribution in [0.25, 0.3) is 0 Å². The molecule has 0 aliphatic rings. The number of nitrogens with one attached hydrogen (secondary N) is 1. The highest BCUT2D eigenvalue weighted by Gasteiger charge is 2.14. The van der Waals surface area contributed by atoms with Gasteiger partial charge in [0.25, 0.3) is 0 Å². The molecule has 0 aliphatic carbocycles. The van der Waals surface area contributed by atoms with E-state index in [1.807, 2.05) is 6.92 Å². The van der Waals surface area contributed by atoms with Crippen LogP contribution in [-0.2, 0) is 4.74 Å². The van der Waals surface area contributed by atoms with Crippen molar-refractivity contribution in [3.8, 4) is 0 Å². The average Bonchev–Trinajstić information content (AvgIpc) is 2.33. The van der Waals surface area contributed by atoms with Crippen LogP contribution >= 0.6 is 15.9 Å². The molecule has 5 heteroatoms. The number of aliphatic hydroxyl groups is 1. The molecule has 0 aromatic heterocycles. The fraction of sp³-hybridized carbons (Fsp3) is 0.538. The molecule has 0 spiro atoms. The molecule has 18 heavy (non-hydrogen) atoms. The van der Waals surface area contributed by atoms with E-state index in [1.54, 1.807) is 19.2 Å². The van der Waals surface area contributed by atoms with E-state index in [0.717, 1.165) is 5.56 Å². The number of hydrogen-bond acceptors (Lipinski definition) is 3. The molecule has 0 bridgehead atoms. The van der Waals surface area contributed by atoms with E-state index in [2.05, 4.69) is 21.2 Å². The molecular weight excluding hydrogens is 301 g/mol. The van der Waals surface area contributed by atoms with Crippen LogP contribution in [0, 0.1) is 5.82 Å². The second-order valence-electron chi connectivity index (χ2n) is 4.23. The third-order valence-electron chi connectivity index (χ3n) is 2.77. The van der Waals surface area contributed by atoms with E-state index in [9.17, 15) is 4.39 Å². The van der Waals surface area contributed by atoms with Gasteiger partial charge in [-0.3, -0.25) is 0 Å². The molecule has 1 aromatic rings. The molecule has 1 rings (SSSR count). The topological polar surface area (TPSA) is 41.5 Å². The lowest BCUT2D eigenvalue weighted by molar-refractivity contribution is 0.143. The standard InChI is InChI=1S/C13H19BrFNO2/c1-9(16-11(5-6-17)8-18-2)10-3-4-13(15)12(14)7-10/h3-4,7,9,11,16-17H,5-6,8H2,1-2H3. The van der Waals surface area contributed by atoms with Gasteiger partial charge in [-0.2, -0.15) is 0 Å². The minimum atomic E-state index is -0.269. The monoisotopic (exact) mass is 319 g/mol. The van der Waals surface area contributed by atoms with Gasteiger partial charge in [0.05, 0.1) is 11.1 Å². The molecular formula is C13H19BrFNO2. The summed E-state index contributed by atoms with van der Waals surface area (Å²) in [6.45, 7) is 2.65. The Labute approximate surface area is 115 Å². The predicted octanol–water partition coefficient (Wildman–Crippen LogP) is 2.64. The summed E-state index contributed by atoms with van der Waals surface area (Å²) in [5.41, 5.74) is 0.988. The number of hydrogen-bond donors (Lipinski definition) is 2. The van der Waals surface area contributed by atoms with Crippen molar-refractivity contribution in [1.29, 1.82) is 0 Å². The quantitative estimate of drug-likeness (QED) is 0.811. The van der Waals surface area contributed by atoms with Crippen molar-refractivity contribution >= 4 is 15.9 Å². The van der Waals surface area contributed by atoms with Crippen LogP contribution in [0.15, 0.2) is 22.7 Å². The van der Waals surface area contributed by atoms with Gasteiger partial charge in [0.1, 0.15) is 5.82 Å². The minimum absolute atomic E-state index is 0.0635. The van der Waals surface area contributed by atoms with Gasteiger partial charge < -0.3 is 15.2 Å². The first kappa shape index (κ1) is 15.6. The van der Waals surface area contributed by atoms with E-state index in [0.29, 0.717) is 17.5 Å². The van der Waals surface area contributed by atoms with Crippen LogP contribution in [-0.4, -0.2) is 31.5 Å². The lowest BCUT2D eigenvalue weighted by atomic mass is 10.1. The van der Waals surface area contributed by atoms with Crippen molar-refractivity contribution < 1.29 is 14.2 Å². The Morgan fingerprint density at radius 1 is 1.50 bits per heavy atom. The summed E-state index contributed by atoms with van der Waals surface area (Å²) in [6, 6.07) is 5.10. The van der Waals surface area contributed by atoms with Gasteiger partial charge >= 0.3 is 0 Å². The van der Waals surface area contributed by atoms with Crippen molar-refractivity contribution in [3.63, 3.8) is 0 Å². The van der Waals surface area contributed by atoms with Crippen LogP contribution in [0.4, 0.5) is 4.39 Å². The van der Waals surface area contributed by atoms with E-state index >= 15 is 0 Å². The average molecular weight is 320 g/mol. The second kappa shape index (κ2) is 7.84. The lowest BCUT2D eigenvalue weighted by Gasteiger charge is -2.22. The zero-order valence-corrected chi connectivity index (χ0v) is 12.2. The summed E-state index contributed by atoms with van der Waals surface area (Å²) < 4.78 is 18.7. The van der Waals surface area contributed by atoms with Crippen LogP contribution in [0.1, 0.15) is 24.9 Å². The summed E-state index contributed by atoms with van der Waals surface area (Å²) in [5, 5.41) is 12.3. The predicted molar refractivity (Wildman–Crippen MR) is 73.0 cm³/mol. The fourth-order valence-corrected chi connectivity index (χ4v) is 2.20. The molecule has 1 aromatic carbocycles. The third-order valence-corrected chi connectivity index (χ3v) is 3.38. The van der Waals surface area contributed by atoms with Gasteiger partial charge in [-0.1, -0.05) is 6.07 Å². The zero-order valence-electron chi connectivity index (χ0n) is 10.6. The first-order valence-electron chi connectivity index (χ1n) is 5.89. The van der Waals surface area contributed by atoms with Gasteiger partial charge in [-0.15, -0.1) is 0 Å². The summed E-state index contributed by atoms with van der Waals surface area (Å²) in [7, 11) is 1.63. The van der Waals surface area contributed by atoms with Gasteiger partial charge in [-0.05, 0) is 47.0 Å². The minimum Gasteiger partial charge on any atom is -0.396 e. The normalized spacial score (nSPS) is 14.5. The highest BCUT2D eigenvalue weighted by molar-refractivity contribution is 9.10. The number of ether oxygens (including phenoxy) is 1. The number of benzene rings is 1. The first-order valence-corrected chi connectivity index (χ1v) is 6.68. The summed E-state index contributed by atoms with van der Waals surface area (Å²) in [5.74, 6) is -0.269. The lowest BCUT2D eigenvalue weighted by Crippen LogP contribution is -2.36. The van der Waals surface area contributed by atoms with Crippen LogP contribution < -0.4 is 5.32 Å². The van der Waals surface area contributed by atoms with Crippen molar-refractivity contribution in [2.24, 2.45) is 0 Å². The van der Waals surface area contributed by atoms with Crippen molar-refractivity contribution in [2.75, 3.05) is 20.3 Å². The highest BCUT2D eigenvalue weighted by Crippen LogP contribution is 2.21. The Kier molecular flexibility index (Phi) is 6.78. The van der Waals surface area contributed by atoms with Crippen LogP contribution in [0.5, 0.6) is 0 Å². The zero-order chi connectivity index (χ0) is 13.5. The Balaban J connectivity index is 2.67. The van der Waals surface area contributed by atoms with Gasteiger partial charge in [-0.25, -0.2) is 4.39 Å². The van der Waals surface area contributed by atoms with Crippen LogP contribution in [0.2, 0.25) is 0 Å². The first-order chi connectivity index (χ1) is 8.58. The maximum atomic E-state index is 13.1. The van der Waals surface area contributed by atoms with Crippen molar-refractivity contribution in [1.82, 2.24) is 5.32 Å². The van der Waals surface area contributed by atoms with Gasteiger partial charge in [0, 0.05) is 25.8 Å². The molecule has 0 amide bonds. The summed E-state index contributed by atoms with van der Waals surface area (Å²) >= 11 is 3.17. The maximum Gasteiger partial charge on any atom is 0.137 e. The molecule has 102 valence electrons. The van der Waals surface area contributed by atoms with Gasteiger partial charge in [0.15, 0.2) is 0 Å². The van der Waals surface area contributed by atoms with E-state index in [4.69, 9.17) is 9.84 Å². The Morgan fingerprint density at radius 2 is 2.22 bits per heavy atom. The Morgan fingerprint density at radius 3 is 2.78 bits per heavy atom. The highest BCUT2D eigenvalue weighted by atomic mass is 79.9. The molecule has 2 unspecified atom stereocenters. The second-order valence-corrected chi connectivity index (χ2v) is 5.08. The molecule has 2 atom stereocenters.